The summed E-state index contributed by atoms with van der Waals surface area (Å²) >= 11 is 0. The van der Waals surface area contributed by atoms with Crippen molar-refractivity contribution in [3.05, 3.63) is 29.8 Å². The number of nitrogens with one attached hydrogen (secondary N) is 1. The van der Waals surface area contributed by atoms with Crippen LogP contribution in [0.15, 0.2) is 24.3 Å². The molecule has 0 spiro atoms. The van der Waals surface area contributed by atoms with E-state index in [0.717, 1.165) is 25.9 Å². The van der Waals surface area contributed by atoms with E-state index < -0.39 is 6.43 Å². The number of rotatable bonds is 3. The Kier molecular flexibility index (Phi) is 3.72. The van der Waals surface area contributed by atoms with Gasteiger partial charge in [-0.1, -0.05) is 0 Å². The van der Waals surface area contributed by atoms with Crippen molar-refractivity contribution in [2.75, 3.05) is 13.1 Å². The molecule has 0 atom stereocenters. The lowest BCUT2D eigenvalue weighted by Crippen LogP contribution is -2.34. The van der Waals surface area contributed by atoms with Crippen molar-refractivity contribution in [1.29, 1.82) is 0 Å². The Hall–Kier alpha value is -1.16. The van der Waals surface area contributed by atoms with Gasteiger partial charge in [0.2, 0.25) is 0 Å². The molecular weight excluding hydrogens is 212 g/mol. The van der Waals surface area contributed by atoms with Gasteiger partial charge < -0.3 is 10.1 Å². The highest BCUT2D eigenvalue weighted by atomic mass is 19.3. The molecule has 1 saturated heterocycles. The van der Waals surface area contributed by atoms with Gasteiger partial charge in [0.1, 0.15) is 11.9 Å². The SMILES string of the molecule is FC(F)c1ccc(OC2CCNCC2)cc1. The molecule has 2 nitrogen and oxygen atoms in total. The van der Waals surface area contributed by atoms with Crippen LogP contribution in [0.2, 0.25) is 0 Å². The molecule has 1 heterocycles. The Balaban J connectivity index is 1.93. The second kappa shape index (κ2) is 5.25. The predicted octanol–water partition coefficient (Wildman–Crippen LogP) is 2.76. The maximum atomic E-state index is 12.3. The number of piperidine rings is 1. The summed E-state index contributed by atoms with van der Waals surface area (Å²) in [7, 11) is 0. The van der Waals surface area contributed by atoms with E-state index in [1.807, 2.05) is 0 Å². The number of halogens is 2. The van der Waals surface area contributed by atoms with E-state index in [4.69, 9.17) is 4.74 Å². The van der Waals surface area contributed by atoms with Crippen molar-refractivity contribution < 1.29 is 13.5 Å². The molecule has 0 amide bonds. The average molecular weight is 227 g/mol. The lowest BCUT2D eigenvalue weighted by Gasteiger charge is -2.23. The van der Waals surface area contributed by atoms with Crippen molar-refractivity contribution in [2.45, 2.75) is 25.4 Å². The van der Waals surface area contributed by atoms with Crippen molar-refractivity contribution in [1.82, 2.24) is 5.32 Å². The van der Waals surface area contributed by atoms with Gasteiger partial charge in [0.15, 0.2) is 0 Å². The second-order valence-corrected chi connectivity index (χ2v) is 3.94. The zero-order valence-electron chi connectivity index (χ0n) is 8.96. The van der Waals surface area contributed by atoms with Crippen LogP contribution in [-0.2, 0) is 0 Å². The first-order valence-electron chi connectivity index (χ1n) is 5.51. The van der Waals surface area contributed by atoms with Gasteiger partial charge in [-0.25, -0.2) is 8.78 Å². The van der Waals surface area contributed by atoms with Crippen LogP contribution in [0.4, 0.5) is 8.78 Å². The molecule has 1 aromatic rings. The molecule has 1 aromatic carbocycles. The molecule has 1 aliphatic rings. The van der Waals surface area contributed by atoms with Crippen molar-refractivity contribution in [3.8, 4) is 5.75 Å². The minimum atomic E-state index is -2.41. The molecule has 1 N–H and O–H groups in total. The number of hydrogen-bond donors (Lipinski definition) is 1. The first-order chi connectivity index (χ1) is 7.75. The van der Waals surface area contributed by atoms with Crippen LogP contribution in [0.3, 0.4) is 0 Å². The van der Waals surface area contributed by atoms with E-state index >= 15 is 0 Å². The zero-order valence-corrected chi connectivity index (χ0v) is 8.96. The molecule has 1 fully saturated rings. The molecule has 2 rings (SSSR count). The van der Waals surface area contributed by atoms with Gasteiger partial charge in [-0.05, 0) is 50.2 Å². The summed E-state index contributed by atoms with van der Waals surface area (Å²) in [5.74, 6) is 0.677. The third-order valence-corrected chi connectivity index (χ3v) is 2.72. The second-order valence-electron chi connectivity index (χ2n) is 3.94. The van der Waals surface area contributed by atoms with E-state index in [1.54, 1.807) is 12.1 Å². The minimum Gasteiger partial charge on any atom is -0.490 e. The molecule has 16 heavy (non-hydrogen) atoms. The van der Waals surface area contributed by atoms with Gasteiger partial charge >= 0.3 is 0 Å². The Bertz CT molecular complexity index is 320. The number of ether oxygens (including phenoxy) is 1. The van der Waals surface area contributed by atoms with Crippen LogP contribution in [0, 0.1) is 0 Å². The highest BCUT2D eigenvalue weighted by Crippen LogP contribution is 2.23. The van der Waals surface area contributed by atoms with Crippen LogP contribution in [0.1, 0.15) is 24.8 Å². The van der Waals surface area contributed by atoms with Crippen LogP contribution >= 0.6 is 0 Å². The van der Waals surface area contributed by atoms with Crippen molar-refractivity contribution in [3.63, 3.8) is 0 Å². The number of alkyl halides is 2. The van der Waals surface area contributed by atoms with E-state index in [1.165, 1.54) is 12.1 Å². The van der Waals surface area contributed by atoms with E-state index in [9.17, 15) is 8.78 Å². The summed E-state index contributed by atoms with van der Waals surface area (Å²) in [6.07, 6.45) is -0.265. The molecule has 4 heteroatoms. The Morgan fingerprint density at radius 3 is 2.31 bits per heavy atom. The van der Waals surface area contributed by atoms with Gasteiger partial charge in [-0.2, -0.15) is 0 Å². The fourth-order valence-corrected chi connectivity index (χ4v) is 1.80. The Morgan fingerprint density at radius 2 is 1.75 bits per heavy atom. The standard InChI is InChI=1S/C12H15F2NO/c13-12(14)9-1-3-10(4-2-9)16-11-5-7-15-8-6-11/h1-4,11-12,15H,5-8H2. The molecule has 0 radical (unpaired) electrons. The topological polar surface area (TPSA) is 21.3 Å². The first-order valence-corrected chi connectivity index (χ1v) is 5.51. The lowest BCUT2D eigenvalue weighted by atomic mass is 10.1. The van der Waals surface area contributed by atoms with Crippen LogP contribution in [-0.4, -0.2) is 19.2 Å². The largest absolute Gasteiger partial charge is 0.490 e. The normalized spacial score (nSPS) is 17.7. The molecule has 0 unspecified atom stereocenters. The molecule has 88 valence electrons. The van der Waals surface area contributed by atoms with Gasteiger partial charge in [0.05, 0.1) is 0 Å². The van der Waals surface area contributed by atoms with Crippen molar-refractivity contribution in [2.24, 2.45) is 0 Å². The average Bonchev–Trinajstić information content (AvgIpc) is 2.31. The fourth-order valence-electron chi connectivity index (χ4n) is 1.80. The summed E-state index contributed by atoms with van der Waals surface area (Å²) in [5, 5.41) is 3.25. The summed E-state index contributed by atoms with van der Waals surface area (Å²) in [5.41, 5.74) is 0.0395. The van der Waals surface area contributed by atoms with Gasteiger partial charge in [-0.15, -0.1) is 0 Å². The van der Waals surface area contributed by atoms with E-state index in [-0.39, 0.29) is 11.7 Å². The molecule has 0 bridgehead atoms. The summed E-state index contributed by atoms with van der Waals surface area (Å²) < 4.78 is 30.3. The fraction of sp³-hybridized carbons (Fsp3) is 0.500. The zero-order chi connectivity index (χ0) is 11.4. The molecule has 0 saturated carbocycles. The van der Waals surface area contributed by atoms with E-state index in [0.29, 0.717) is 5.75 Å². The summed E-state index contributed by atoms with van der Waals surface area (Å²) in [4.78, 5) is 0. The molecule has 0 aromatic heterocycles. The minimum absolute atomic E-state index is 0.0395. The summed E-state index contributed by atoms with van der Waals surface area (Å²) in [6.45, 7) is 1.92. The third-order valence-electron chi connectivity index (χ3n) is 2.72. The molecule has 0 aliphatic carbocycles. The predicted molar refractivity (Wildman–Crippen MR) is 57.9 cm³/mol. The van der Waals surface area contributed by atoms with Gasteiger partial charge in [0.25, 0.3) is 6.43 Å². The first kappa shape index (κ1) is 11.3. The number of benzene rings is 1. The Labute approximate surface area is 93.6 Å². The van der Waals surface area contributed by atoms with Crippen LogP contribution in [0.5, 0.6) is 5.75 Å². The highest BCUT2D eigenvalue weighted by molar-refractivity contribution is 5.28. The summed E-state index contributed by atoms with van der Waals surface area (Å²) in [6, 6.07) is 6.06. The molecule has 1 aliphatic heterocycles. The van der Waals surface area contributed by atoms with Crippen LogP contribution in [0.25, 0.3) is 0 Å². The maximum Gasteiger partial charge on any atom is 0.263 e. The third kappa shape index (κ3) is 2.92. The Morgan fingerprint density at radius 1 is 1.12 bits per heavy atom. The van der Waals surface area contributed by atoms with Crippen molar-refractivity contribution >= 4 is 0 Å². The molecular formula is C12H15F2NO. The van der Waals surface area contributed by atoms with E-state index in [2.05, 4.69) is 5.32 Å². The quantitative estimate of drug-likeness (QED) is 0.857. The lowest BCUT2D eigenvalue weighted by molar-refractivity contribution is 0.150. The van der Waals surface area contributed by atoms with Gasteiger partial charge in [0, 0.05) is 5.56 Å². The van der Waals surface area contributed by atoms with Gasteiger partial charge in [-0.3, -0.25) is 0 Å². The maximum absolute atomic E-state index is 12.3. The monoisotopic (exact) mass is 227 g/mol. The number of hydrogen-bond acceptors (Lipinski definition) is 2. The highest BCUT2D eigenvalue weighted by Gasteiger charge is 2.14. The van der Waals surface area contributed by atoms with Crippen LogP contribution < -0.4 is 10.1 Å². The smallest absolute Gasteiger partial charge is 0.263 e.